The Morgan fingerprint density at radius 3 is 2.45 bits per heavy atom. The van der Waals surface area contributed by atoms with Crippen LogP contribution in [0.3, 0.4) is 0 Å². The molecular formula is C6H10O5. The van der Waals surface area contributed by atoms with Crippen LogP contribution in [-0.2, 0) is 9.53 Å². The lowest BCUT2D eigenvalue weighted by Crippen LogP contribution is -2.29. The number of ether oxygens (including phenoxy) is 1. The Morgan fingerprint density at radius 1 is 1.55 bits per heavy atom. The summed E-state index contributed by atoms with van der Waals surface area (Å²) in [7, 11) is 0. The second-order valence-corrected chi connectivity index (χ2v) is 1.90. The van der Waals surface area contributed by atoms with E-state index in [9.17, 15) is 4.79 Å². The number of carbonyl (C=O) groups excluding carboxylic acids is 1. The van der Waals surface area contributed by atoms with Crippen LogP contribution in [0.1, 0.15) is 6.42 Å². The number of hydrogen-bond acceptors (Lipinski definition) is 5. The van der Waals surface area contributed by atoms with Gasteiger partial charge in [-0.2, -0.15) is 0 Å². The highest BCUT2D eigenvalue weighted by molar-refractivity contribution is 5.81. The minimum absolute atomic E-state index is 0.269. The Balaban J connectivity index is 3.42. The molecule has 0 amide bonds. The lowest BCUT2D eigenvalue weighted by Gasteiger charge is -2.12. The monoisotopic (exact) mass is 162 g/mol. The van der Waals surface area contributed by atoms with Gasteiger partial charge in [0, 0.05) is 6.08 Å². The van der Waals surface area contributed by atoms with Gasteiger partial charge in [-0.15, -0.1) is 0 Å². The molecule has 0 fully saturated rings. The topological polar surface area (TPSA) is 87.0 Å². The van der Waals surface area contributed by atoms with E-state index >= 15 is 0 Å². The molecule has 0 radical (unpaired) electrons. The van der Waals surface area contributed by atoms with Crippen molar-refractivity contribution in [1.29, 1.82) is 0 Å². The van der Waals surface area contributed by atoms with Gasteiger partial charge in [0.2, 0.25) is 0 Å². The van der Waals surface area contributed by atoms with E-state index < -0.39 is 18.4 Å². The molecule has 11 heavy (non-hydrogen) atoms. The lowest BCUT2D eigenvalue weighted by molar-refractivity contribution is -0.317. The third kappa shape index (κ3) is 6.98. The molecule has 0 aliphatic rings. The fourth-order valence-corrected chi connectivity index (χ4v) is 0.347. The van der Waals surface area contributed by atoms with E-state index in [2.05, 4.69) is 11.3 Å². The molecule has 5 heteroatoms. The number of aliphatic hydroxyl groups is 3. The summed E-state index contributed by atoms with van der Waals surface area (Å²) in [5.74, 6) is -3.45. The zero-order valence-corrected chi connectivity index (χ0v) is 5.86. The Labute approximate surface area is 63.5 Å². The van der Waals surface area contributed by atoms with Gasteiger partial charge in [0.15, 0.2) is 0 Å². The van der Waals surface area contributed by atoms with E-state index in [1.165, 1.54) is 0 Å². The highest BCUT2D eigenvalue weighted by Gasteiger charge is 2.17. The highest BCUT2D eigenvalue weighted by atomic mass is 16.7. The summed E-state index contributed by atoms with van der Waals surface area (Å²) in [5.41, 5.74) is 0. The van der Waals surface area contributed by atoms with Gasteiger partial charge >= 0.3 is 5.97 Å². The first-order chi connectivity index (χ1) is 4.95. The summed E-state index contributed by atoms with van der Waals surface area (Å²) in [6.45, 7) is 2.84. The van der Waals surface area contributed by atoms with Crippen LogP contribution in [0.15, 0.2) is 12.7 Å². The fourth-order valence-electron chi connectivity index (χ4n) is 0.347. The molecular weight excluding hydrogens is 152 g/mol. The van der Waals surface area contributed by atoms with Crippen molar-refractivity contribution in [3.63, 3.8) is 0 Å². The molecule has 0 saturated heterocycles. The SMILES string of the molecule is C=CC(=O)OCCC(O)(O)O. The first-order valence-corrected chi connectivity index (χ1v) is 2.92. The molecule has 0 saturated carbocycles. The van der Waals surface area contributed by atoms with Crippen LogP contribution in [0.5, 0.6) is 0 Å². The Bertz CT molecular complexity index is 146. The molecule has 64 valence electrons. The van der Waals surface area contributed by atoms with Crippen LogP contribution in [0.4, 0.5) is 0 Å². The van der Waals surface area contributed by atoms with Crippen molar-refractivity contribution < 1.29 is 24.9 Å². The van der Waals surface area contributed by atoms with E-state index in [0.29, 0.717) is 0 Å². The van der Waals surface area contributed by atoms with Crippen molar-refractivity contribution in [1.82, 2.24) is 0 Å². The minimum Gasteiger partial charge on any atom is -0.462 e. The third-order valence-corrected chi connectivity index (χ3v) is 0.848. The first kappa shape index (κ1) is 10.1. The van der Waals surface area contributed by atoms with Crippen LogP contribution in [0.2, 0.25) is 0 Å². The summed E-state index contributed by atoms with van der Waals surface area (Å²) in [5, 5.41) is 24.9. The standard InChI is InChI=1S/C6H10O5/c1-2-5(7)11-4-3-6(8,9)10/h2,8-10H,1,3-4H2. The number of carbonyl (C=O) groups is 1. The van der Waals surface area contributed by atoms with Gasteiger partial charge in [-0.25, -0.2) is 4.79 Å². The van der Waals surface area contributed by atoms with Crippen molar-refractivity contribution in [3.05, 3.63) is 12.7 Å². The van der Waals surface area contributed by atoms with E-state index in [1.807, 2.05) is 0 Å². The number of rotatable bonds is 4. The van der Waals surface area contributed by atoms with Crippen LogP contribution in [0.25, 0.3) is 0 Å². The molecule has 3 N–H and O–H groups in total. The minimum atomic E-state index is -2.78. The maximum atomic E-state index is 10.3. The zero-order chi connectivity index (χ0) is 8.91. The van der Waals surface area contributed by atoms with Crippen molar-refractivity contribution >= 4 is 5.97 Å². The average Bonchev–Trinajstić information content (AvgIpc) is 1.85. The van der Waals surface area contributed by atoms with Crippen LogP contribution < -0.4 is 0 Å². The average molecular weight is 162 g/mol. The van der Waals surface area contributed by atoms with Crippen LogP contribution in [-0.4, -0.2) is 33.9 Å². The molecule has 0 rings (SSSR count). The maximum absolute atomic E-state index is 10.3. The number of hydrogen-bond donors (Lipinski definition) is 3. The summed E-state index contributed by atoms with van der Waals surface area (Å²) < 4.78 is 4.33. The molecule has 0 bridgehead atoms. The van der Waals surface area contributed by atoms with Crippen molar-refractivity contribution in [3.8, 4) is 0 Å². The van der Waals surface area contributed by atoms with E-state index in [-0.39, 0.29) is 6.61 Å². The second kappa shape index (κ2) is 4.07. The molecule has 0 aromatic rings. The van der Waals surface area contributed by atoms with Gasteiger partial charge in [0.1, 0.15) is 0 Å². The molecule has 0 heterocycles. The second-order valence-electron chi connectivity index (χ2n) is 1.90. The predicted octanol–water partition coefficient (Wildman–Crippen LogP) is -1.26. The first-order valence-electron chi connectivity index (χ1n) is 2.92. The molecule has 0 aliphatic carbocycles. The summed E-state index contributed by atoms with van der Waals surface area (Å²) >= 11 is 0. The van der Waals surface area contributed by atoms with Gasteiger partial charge in [0.25, 0.3) is 5.97 Å². The van der Waals surface area contributed by atoms with E-state index in [0.717, 1.165) is 6.08 Å². The van der Waals surface area contributed by atoms with Crippen LogP contribution in [0, 0.1) is 0 Å². The Morgan fingerprint density at radius 2 is 2.09 bits per heavy atom. The molecule has 0 aromatic carbocycles. The molecule has 0 atom stereocenters. The van der Waals surface area contributed by atoms with Gasteiger partial charge in [-0.05, 0) is 0 Å². The molecule has 0 aliphatic heterocycles. The summed E-state index contributed by atoms with van der Waals surface area (Å²) in [6, 6.07) is 0. The van der Waals surface area contributed by atoms with Gasteiger partial charge in [-0.1, -0.05) is 6.58 Å². The Kier molecular flexibility index (Phi) is 3.73. The molecule has 0 spiro atoms. The highest BCUT2D eigenvalue weighted by Crippen LogP contribution is 1.99. The third-order valence-electron chi connectivity index (χ3n) is 0.848. The summed E-state index contributed by atoms with van der Waals surface area (Å²) in [4.78, 5) is 10.3. The molecule has 0 unspecified atom stereocenters. The largest absolute Gasteiger partial charge is 0.462 e. The molecule has 0 aromatic heterocycles. The normalized spacial score (nSPS) is 10.8. The smallest absolute Gasteiger partial charge is 0.330 e. The van der Waals surface area contributed by atoms with E-state index in [1.54, 1.807) is 0 Å². The quantitative estimate of drug-likeness (QED) is 0.273. The van der Waals surface area contributed by atoms with Crippen molar-refractivity contribution in [2.45, 2.75) is 12.4 Å². The fraction of sp³-hybridized carbons (Fsp3) is 0.500. The van der Waals surface area contributed by atoms with Gasteiger partial charge in [-0.3, -0.25) is 0 Å². The molecule has 5 nitrogen and oxygen atoms in total. The summed E-state index contributed by atoms with van der Waals surface area (Å²) in [6.07, 6.45) is 0.486. The van der Waals surface area contributed by atoms with Gasteiger partial charge < -0.3 is 20.1 Å². The van der Waals surface area contributed by atoms with E-state index in [4.69, 9.17) is 15.3 Å². The predicted molar refractivity (Wildman–Crippen MR) is 35.2 cm³/mol. The number of esters is 1. The van der Waals surface area contributed by atoms with Gasteiger partial charge in [0.05, 0.1) is 13.0 Å². The van der Waals surface area contributed by atoms with Crippen LogP contribution >= 0.6 is 0 Å². The van der Waals surface area contributed by atoms with Crippen molar-refractivity contribution in [2.24, 2.45) is 0 Å². The Hall–Kier alpha value is -0.910. The van der Waals surface area contributed by atoms with Crippen molar-refractivity contribution in [2.75, 3.05) is 6.61 Å². The lowest BCUT2D eigenvalue weighted by atomic mass is 10.4. The maximum Gasteiger partial charge on any atom is 0.330 e. The zero-order valence-electron chi connectivity index (χ0n) is 5.86.